The number of hydrogen-bond donors (Lipinski definition) is 1. The maximum atomic E-state index is 12.0. The summed E-state index contributed by atoms with van der Waals surface area (Å²) in [5, 5.41) is 12.1. The zero-order valence-corrected chi connectivity index (χ0v) is 10.5. The number of nitrogens with one attached hydrogen (secondary N) is 1. The highest BCUT2D eigenvalue weighted by Crippen LogP contribution is 2.45. The van der Waals surface area contributed by atoms with Gasteiger partial charge in [0, 0.05) is 6.04 Å². The lowest BCUT2D eigenvalue weighted by atomic mass is 9.63. The van der Waals surface area contributed by atoms with Gasteiger partial charge in [0.15, 0.2) is 0 Å². The van der Waals surface area contributed by atoms with Gasteiger partial charge in [-0.25, -0.2) is 0 Å². The number of carbonyl (C=O) groups excluding carboxylic acids is 1. The summed E-state index contributed by atoms with van der Waals surface area (Å²) in [6, 6.07) is 2.38. The summed E-state index contributed by atoms with van der Waals surface area (Å²) in [7, 11) is 0. The average molecular weight is 222 g/mol. The van der Waals surface area contributed by atoms with E-state index in [2.05, 4.69) is 25.2 Å². The first-order valence-corrected chi connectivity index (χ1v) is 6.26. The first-order valence-electron chi connectivity index (χ1n) is 6.26. The second-order valence-electron chi connectivity index (χ2n) is 5.22. The quantitative estimate of drug-likeness (QED) is 0.777. The molecular weight excluding hydrogens is 200 g/mol. The summed E-state index contributed by atoms with van der Waals surface area (Å²) in [6.07, 6.45) is 4.70. The molecule has 1 fully saturated rings. The van der Waals surface area contributed by atoms with E-state index in [9.17, 15) is 4.79 Å². The van der Waals surface area contributed by atoms with Crippen molar-refractivity contribution in [2.75, 3.05) is 0 Å². The number of nitrogens with zero attached hydrogens (tertiary/aromatic N) is 1. The van der Waals surface area contributed by atoms with Gasteiger partial charge in [-0.2, -0.15) is 5.26 Å². The van der Waals surface area contributed by atoms with Crippen LogP contribution in [0.2, 0.25) is 0 Å². The van der Waals surface area contributed by atoms with Crippen LogP contribution in [0, 0.1) is 22.7 Å². The molecule has 3 nitrogen and oxygen atoms in total. The highest BCUT2D eigenvalue weighted by Gasteiger charge is 2.49. The molecule has 0 aromatic carbocycles. The fourth-order valence-corrected chi connectivity index (χ4v) is 2.40. The molecule has 0 aromatic rings. The molecule has 90 valence electrons. The Kier molecular flexibility index (Phi) is 4.35. The lowest BCUT2D eigenvalue weighted by molar-refractivity contribution is -0.134. The molecule has 0 aromatic heterocycles. The lowest BCUT2D eigenvalue weighted by Crippen LogP contribution is -2.50. The van der Waals surface area contributed by atoms with Crippen LogP contribution in [0.15, 0.2) is 0 Å². The van der Waals surface area contributed by atoms with Crippen LogP contribution in [0.4, 0.5) is 0 Å². The van der Waals surface area contributed by atoms with Gasteiger partial charge in [-0.15, -0.1) is 0 Å². The number of amides is 1. The van der Waals surface area contributed by atoms with Crippen molar-refractivity contribution in [1.29, 1.82) is 5.26 Å². The Morgan fingerprint density at radius 2 is 2.25 bits per heavy atom. The molecule has 1 atom stereocenters. The van der Waals surface area contributed by atoms with Crippen molar-refractivity contribution < 1.29 is 4.79 Å². The van der Waals surface area contributed by atoms with Crippen molar-refractivity contribution in [3.63, 3.8) is 0 Å². The minimum absolute atomic E-state index is 0.0586. The van der Waals surface area contributed by atoms with E-state index in [1.165, 1.54) is 0 Å². The molecule has 1 aliphatic rings. The molecule has 0 spiro atoms. The summed E-state index contributed by atoms with van der Waals surface area (Å²) in [5.74, 6) is 0.452. The van der Waals surface area contributed by atoms with E-state index in [1.807, 2.05) is 6.92 Å². The van der Waals surface area contributed by atoms with Gasteiger partial charge in [-0.3, -0.25) is 4.79 Å². The fourth-order valence-electron chi connectivity index (χ4n) is 2.40. The Hall–Kier alpha value is -1.04. The number of hydrogen-bond acceptors (Lipinski definition) is 2. The van der Waals surface area contributed by atoms with Crippen LogP contribution in [0.25, 0.3) is 0 Å². The van der Waals surface area contributed by atoms with Crippen LogP contribution in [0.5, 0.6) is 0 Å². The highest BCUT2D eigenvalue weighted by molar-refractivity contribution is 5.86. The van der Waals surface area contributed by atoms with E-state index in [0.717, 1.165) is 32.1 Å². The lowest BCUT2D eigenvalue weighted by Gasteiger charge is -2.39. The molecule has 0 saturated heterocycles. The maximum Gasteiger partial charge on any atom is 0.240 e. The standard InChI is InChI=1S/C13H22N2O/c1-4-5-6-11(3)15-12(16)13(9-14)7-10(2)8-13/h10-11H,4-8H2,1-3H3,(H,15,16). The zero-order chi connectivity index (χ0) is 12.2. The van der Waals surface area contributed by atoms with Gasteiger partial charge in [-0.1, -0.05) is 26.7 Å². The molecule has 1 amide bonds. The van der Waals surface area contributed by atoms with E-state index >= 15 is 0 Å². The number of carbonyl (C=O) groups is 1. The van der Waals surface area contributed by atoms with Gasteiger partial charge in [-0.05, 0) is 32.1 Å². The molecule has 1 N–H and O–H groups in total. The normalized spacial score (nSPS) is 30.0. The Morgan fingerprint density at radius 3 is 2.69 bits per heavy atom. The van der Waals surface area contributed by atoms with Gasteiger partial charge in [0.25, 0.3) is 0 Å². The van der Waals surface area contributed by atoms with Crippen LogP contribution in [0.3, 0.4) is 0 Å². The Labute approximate surface area is 98.2 Å². The van der Waals surface area contributed by atoms with Gasteiger partial charge >= 0.3 is 0 Å². The molecule has 0 radical (unpaired) electrons. The monoisotopic (exact) mass is 222 g/mol. The molecular formula is C13H22N2O. The van der Waals surface area contributed by atoms with Crippen molar-refractivity contribution in [3.8, 4) is 6.07 Å². The second-order valence-corrected chi connectivity index (χ2v) is 5.22. The average Bonchev–Trinajstić information content (AvgIpc) is 2.21. The maximum absolute atomic E-state index is 12.0. The van der Waals surface area contributed by atoms with Crippen molar-refractivity contribution in [3.05, 3.63) is 0 Å². The van der Waals surface area contributed by atoms with E-state index < -0.39 is 5.41 Å². The fraction of sp³-hybridized carbons (Fsp3) is 0.846. The number of nitriles is 1. The van der Waals surface area contributed by atoms with Gasteiger partial charge in [0.2, 0.25) is 5.91 Å². The molecule has 1 saturated carbocycles. The van der Waals surface area contributed by atoms with Gasteiger partial charge in [0.1, 0.15) is 5.41 Å². The van der Waals surface area contributed by atoms with Crippen LogP contribution in [-0.2, 0) is 4.79 Å². The van der Waals surface area contributed by atoms with Crippen molar-refractivity contribution >= 4 is 5.91 Å². The van der Waals surface area contributed by atoms with Crippen LogP contribution in [0.1, 0.15) is 52.9 Å². The Morgan fingerprint density at radius 1 is 1.62 bits per heavy atom. The zero-order valence-electron chi connectivity index (χ0n) is 10.5. The van der Waals surface area contributed by atoms with Crippen LogP contribution in [-0.4, -0.2) is 11.9 Å². The van der Waals surface area contributed by atoms with Crippen molar-refractivity contribution in [1.82, 2.24) is 5.32 Å². The number of rotatable bonds is 5. The van der Waals surface area contributed by atoms with Gasteiger partial charge in [0.05, 0.1) is 6.07 Å². The van der Waals surface area contributed by atoms with E-state index in [4.69, 9.17) is 5.26 Å². The minimum atomic E-state index is -0.722. The SMILES string of the molecule is CCCCC(C)NC(=O)C1(C#N)CC(C)C1. The Balaban J connectivity index is 2.43. The predicted octanol–water partition coefficient (Wildman–Crippen LogP) is 2.62. The first kappa shape index (κ1) is 13.0. The molecule has 16 heavy (non-hydrogen) atoms. The van der Waals surface area contributed by atoms with E-state index in [0.29, 0.717) is 5.92 Å². The second kappa shape index (κ2) is 5.34. The first-order chi connectivity index (χ1) is 7.54. The largest absolute Gasteiger partial charge is 0.352 e. The molecule has 0 bridgehead atoms. The topological polar surface area (TPSA) is 52.9 Å². The molecule has 0 aliphatic heterocycles. The smallest absolute Gasteiger partial charge is 0.240 e. The summed E-state index contributed by atoms with van der Waals surface area (Å²) in [6.45, 7) is 6.24. The van der Waals surface area contributed by atoms with E-state index in [1.54, 1.807) is 0 Å². The summed E-state index contributed by atoms with van der Waals surface area (Å²) in [4.78, 5) is 12.0. The van der Waals surface area contributed by atoms with Crippen LogP contribution >= 0.6 is 0 Å². The molecule has 1 aliphatic carbocycles. The summed E-state index contributed by atoms with van der Waals surface area (Å²) < 4.78 is 0. The minimum Gasteiger partial charge on any atom is -0.352 e. The Bertz CT molecular complexity index is 287. The molecule has 3 heteroatoms. The summed E-state index contributed by atoms with van der Waals surface area (Å²) in [5.41, 5.74) is -0.722. The highest BCUT2D eigenvalue weighted by atomic mass is 16.2. The van der Waals surface area contributed by atoms with Gasteiger partial charge < -0.3 is 5.32 Å². The van der Waals surface area contributed by atoms with Crippen molar-refractivity contribution in [2.45, 2.75) is 58.9 Å². The predicted molar refractivity (Wildman–Crippen MR) is 63.6 cm³/mol. The van der Waals surface area contributed by atoms with E-state index in [-0.39, 0.29) is 11.9 Å². The third kappa shape index (κ3) is 2.75. The third-order valence-electron chi connectivity index (χ3n) is 3.41. The molecule has 0 heterocycles. The molecule has 1 unspecified atom stereocenters. The number of unbranched alkanes of at least 4 members (excludes halogenated alkanes) is 1. The third-order valence-corrected chi connectivity index (χ3v) is 3.41. The summed E-state index contributed by atoms with van der Waals surface area (Å²) >= 11 is 0. The molecule has 1 rings (SSSR count). The van der Waals surface area contributed by atoms with Crippen LogP contribution < -0.4 is 5.32 Å². The van der Waals surface area contributed by atoms with Crippen molar-refractivity contribution in [2.24, 2.45) is 11.3 Å².